The van der Waals surface area contributed by atoms with E-state index >= 15 is 0 Å². The van der Waals surface area contributed by atoms with Gasteiger partial charge in [-0.25, -0.2) is 9.18 Å². The summed E-state index contributed by atoms with van der Waals surface area (Å²) in [5.41, 5.74) is 0.625. The van der Waals surface area contributed by atoms with Gasteiger partial charge in [0.05, 0.1) is 30.2 Å². The lowest BCUT2D eigenvalue weighted by Crippen LogP contribution is -2.60. The maximum Gasteiger partial charge on any atom is 0.324 e. The van der Waals surface area contributed by atoms with Crippen molar-refractivity contribution >= 4 is 24.2 Å². The van der Waals surface area contributed by atoms with E-state index in [0.29, 0.717) is 43.5 Å². The lowest BCUT2D eigenvalue weighted by molar-refractivity contribution is -0.132. The minimum Gasteiger partial charge on any atom is -0.357 e. The number of nitrogens with zero attached hydrogens (tertiary/aromatic N) is 4. The van der Waals surface area contributed by atoms with Gasteiger partial charge in [0.15, 0.2) is 5.42 Å². The molecule has 0 bridgehead atoms. The fraction of sp³-hybridized carbons (Fsp3) is 0.381. The van der Waals surface area contributed by atoms with Crippen molar-refractivity contribution in [3.63, 3.8) is 0 Å². The Morgan fingerprint density at radius 3 is 2.87 bits per heavy atom. The number of hydrogen-bond acceptors (Lipinski definition) is 5. The summed E-state index contributed by atoms with van der Waals surface area (Å²) >= 11 is 0. The van der Waals surface area contributed by atoms with Crippen LogP contribution in [0.3, 0.4) is 0 Å². The van der Waals surface area contributed by atoms with E-state index in [-0.39, 0.29) is 30.8 Å². The first kappa shape index (κ1) is 18.8. The van der Waals surface area contributed by atoms with E-state index in [2.05, 4.69) is 10.5 Å². The molecule has 8 nitrogen and oxygen atoms in total. The Bertz CT molecular complexity index is 1110. The molecule has 30 heavy (non-hydrogen) atoms. The number of nitrogens with one attached hydrogen (secondary N) is 1. The molecule has 156 valence electrons. The van der Waals surface area contributed by atoms with Crippen LogP contribution in [0.1, 0.15) is 18.4 Å². The quantitative estimate of drug-likeness (QED) is 0.763. The Morgan fingerprint density at radius 2 is 2.07 bits per heavy atom. The number of benzene rings is 1. The third-order valence-electron chi connectivity index (χ3n) is 6.18. The van der Waals surface area contributed by atoms with Crippen LogP contribution in [0.25, 0.3) is 12.3 Å². The number of amides is 3. The molecular formula is C21H22FN5O3. The maximum atomic E-state index is 14.1. The van der Waals surface area contributed by atoms with Gasteiger partial charge in [0, 0.05) is 44.2 Å². The predicted octanol–water partition coefficient (Wildman–Crippen LogP) is 0.192. The molecule has 0 radical (unpaired) electrons. The normalized spacial score (nSPS) is 20.2. The van der Waals surface area contributed by atoms with Gasteiger partial charge in [-0.15, -0.1) is 0 Å². The van der Waals surface area contributed by atoms with Crippen molar-refractivity contribution in [3.05, 3.63) is 52.5 Å². The molecule has 4 heterocycles. The molecule has 0 unspecified atom stereocenters. The van der Waals surface area contributed by atoms with Crippen molar-refractivity contribution in [1.82, 2.24) is 25.2 Å². The maximum absolute atomic E-state index is 14.1. The number of piperidine rings is 1. The Hall–Kier alpha value is -3.20. The van der Waals surface area contributed by atoms with Crippen LogP contribution < -0.4 is 16.0 Å². The lowest BCUT2D eigenvalue weighted by atomic mass is 9.95. The van der Waals surface area contributed by atoms with Gasteiger partial charge in [0.2, 0.25) is 5.91 Å². The number of fused-ring (bicyclic) bond motifs is 1. The van der Waals surface area contributed by atoms with E-state index in [1.807, 2.05) is 6.08 Å². The molecule has 1 aromatic heterocycles. The molecule has 0 saturated carbocycles. The average molecular weight is 411 g/mol. The van der Waals surface area contributed by atoms with Gasteiger partial charge >= 0.3 is 6.03 Å². The number of carbonyl (C=O) groups is 2. The van der Waals surface area contributed by atoms with Crippen LogP contribution in [0, 0.1) is 5.82 Å². The molecule has 1 N–H and O–H groups in total. The first-order valence-electron chi connectivity index (χ1n) is 10.0. The van der Waals surface area contributed by atoms with Crippen LogP contribution in [0.4, 0.5) is 9.18 Å². The number of hydrogen-bond donors (Lipinski definition) is 1. The Kier molecular flexibility index (Phi) is 4.54. The molecule has 2 fully saturated rings. The van der Waals surface area contributed by atoms with Crippen LogP contribution in [-0.2, 0) is 11.3 Å². The summed E-state index contributed by atoms with van der Waals surface area (Å²) in [6.45, 7) is 1.89. The van der Waals surface area contributed by atoms with E-state index in [4.69, 9.17) is 4.52 Å². The van der Waals surface area contributed by atoms with E-state index in [1.165, 1.54) is 6.07 Å². The molecule has 0 aliphatic carbocycles. The first-order chi connectivity index (χ1) is 14.6. The Labute approximate surface area is 172 Å². The molecule has 2 saturated heterocycles. The van der Waals surface area contributed by atoms with Crippen LogP contribution in [0.15, 0.2) is 35.0 Å². The monoisotopic (exact) mass is 411 g/mol. The highest BCUT2D eigenvalue weighted by molar-refractivity contribution is 5.82. The average Bonchev–Trinajstić information content (AvgIpc) is 3.35. The highest BCUT2D eigenvalue weighted by atomic mass is 19.1. The molecule has 3 aliphatic heterocycles. The van der Waals surface area contributed by atoms with Crippen LogP contribution in [-0.4, -0.2) is 63.6 Å². The second kappa shape index (κ2) is 7.24. The molecule has 3 amide bonds. The number of urea groups is 1. The molecule has 1 spiro atoms. The van der Waals surface area contributed by atoms with Crippen molar-refractivity contribution in [3.8, 4) is 0 Å². The van der Waals surface area contributed by atoms with Crippen molar-refractivity contribution in [2.24, 2.45) is 0 Å². The zero-order chi connectivity index (χ0) is 20.7. The zero-order valence-corrected chi connectivity index (χ0v) is 16.4. The third-order valence-corrected chi connectivity index (χ3v) is 6.18. The van der Waals surface area contributed by atoms with Gasteiger partial charge in [-0.2, -0.15) is 0 Å². The minimum atomic E-state index is -0.546. The lowest BCUT2D eigenvalue weighted by Gasteiger charge is -2.45. The van der Waals surface area contributed by atoms with E-state index in [1.54, 1.807) is 45.3 Å². The van der Waals surface area contributed by atoms with Crippen LogP contribution in [0.5, 0.6) is 0 Å². The minimum absolute atomic E-state index is 0.0445. The van der Waals surface area contributed by atoms with E-state index < -0.39 is 5.66 Å². The second-order valence-electron chi connectivity index (χ2n) is 7.86. The number of carbonyl (C=O) groups excluding carboxylic acids is 2. The van der Waals surface area contributed by atoms with Gasteiger partial charge in [-0.1, -0.05) is 23.4 Å². The van der Waals surface area contributed by atoms with Crippen LogP contribution >= 0.6 is 0 Å². The SMILES string of the molecule is O=C(N1C=c2cnoc2=CC1)N1CCC2(CC1)NCC(=O)N2Cc1ccccc1F. The summed E-state index contributed by atoms with van der Waals surface area (Å²) < 4.78 is 19.3. The summed E-state index contributed by atoms with van der Waals surface area (Å²) in [5, 5.41) is 7.86. The van der Waals surface area contributed by atoms with Gasteiger partial charge in [0.1, 0.15) is 5.82 Å². The number of aromatic nitrogens is 1. The summed E-state index contributed by atoms with van der Waals surface area (Å²) in [6.07, 6.45) is 6.36. The van der Waals surface area contributed by atoms with Gasteiger partial charge in [0.25, 0.3) is 0 Å². The van der Waals surface area contributed by atoms with Crippen LogP contribution in [0.2, 0.25) is 0 Å². The van der Waals surface area contributed by atoms with Crippen molar-refractivity contribution in [2.75, 3.05) is 26.2 Å². The van der Waals surface area contributed by atoms with Gasteiger partial charge in [-0.05, 0) is 12.1 Å². The summed E-state index contributed by atoms with van der Waals surface area (Å²) in [7, 11) is 0. The van der Waals surface area contributed by atoms with E-state index in [9.17, 15) is 14.0 Å². The fourth-order valence-corrected chi connectivity index (χ4v) is 4.45. The summed E-state index contributed by atoms with van der Waals surface area (Å²) in [4.78, 5) is 30.7. The van der Waals surface area contributed by atoms with Crippen molar-refractivity contribution in [1.29, 1.82) is 0 Å². The van der Waals surface area contributed by atoms with Gasteiger partial charge < -0.3 is 14.3 Å². The highest BCUT2D eigenvalue weighted by Gasteiger charge is 2.47. The molecule has 9 heteroatoms. The first-order valence-corrected chi connectivity index (χ1v) is 10.0. The molecule has 0 atom stereocenters. The highest BCUT2D eigenvalue weighted by Crippen LogP contribution is 2.32. The Balaban J connectivity index is 1.29. The standard InChI is InChI=1S/C21H22FN5O3/c22-17-4-2-1-3-15(17)14-27-19(28)12-23-21(27)6-9-25(10-7-21)20(29)26-8-5-18-16(13-26)11-24-30-18/h1-5,11,13,23H,6-10,12,14H2. The number of rotatable bonds is 2. The van der Waals surface area contributed by atoms with E-state index in [0.717, 1.165) is 5.22 Å². The largest absolute Gasteiger partial charge is 0.357 e. The predicted molar refractivity (Wildman–Crippen MR) is 105 cm³/mol. The molecule has 1 aromatic carbocycles. The molecule has 5 rings (SSSR count). The molecule has 2 aromatic rings. The zero-order valence-electron chi connectivity index (χ0n) is 16.4. The smallest absolute Gasteiger partial charge is 0.324 e. The van der Waals surface area contributed by atoms with Crippen molar-refractivity contribution in [2.45, 2.75) is 25.0 Å². The summed E-state index contributed by atoms with van der Waals surface area (Å²) in [5.74, 6) is -0.359. The molecular weight excluding hydrogens is 389 g/mol. The van der Waals surface area contributed by atoms with Gasteiger partial charge in [-0.3, -0.25) is 15.0 Å². The number of likely N-dealkylation sites (tertiary alicyclic amines) is 1. The second-order valence-corrected chi connectivity index (χ2v) is 7.86. The number of halogens is 1. The van der Waals surface area contributed by atoms with Crippen molar-refractivity contribution < 1.29 is 18.5 Å². The topological polar surface area (TPSA) is 81.9 Å². The summed E-state index contributed by atoms with van der Waals surface area (Å²) in [6, 6.07) is 6.44. The Morgan fingerprint density at radius 1 is 1.27 bits per heavy atom. The third kappa shape index (κ3) is 3.15. The molecule has 3 aliphatic rings. The fourth-order valence-electron chi connectivity index (χ4n) is 4.45.